The van der Waals surface area contributed by atoms with Gasteiger partial charge in [0, 0.05) is 0 Å². The zero-order valence-electron chi connectivity index (χ0n) is 11.7. The Bertz CT molecular complexity index is 873. The Morgan fingerprint density at radius 2 is 1.77 bits per heavy atom. The zero-order chi connectivity index (χ0) is 15.9. The number of nitrogens with zero attached hydrogens (tertiary/aromatic N) is 1. The van der Waals surface area contributed by atoms with Crippen molar-refractivity contribution in [2.24, 2.45) is 0 Å². The quantitative estimate of drug-likeness (QED) is 0.770. The van der Waals surface area contributed by atoms with Gasteiger partial charge in [0.05, 0.1) is 23.1 Å². The van der Waals surface area contributed by atoms with Crippen molar-refractivity contribution in [2.45, 2.75) is 19.6 Å². The Labute approximate surface area is 124 Å². The molecule has 0 atom stereocenters. The molecule has 3 rings (SSSR count). The Kier molecular flexibility index (Phi) is 3.31. The summed E-state index contributed by atoms with van der Waals surface area (Å²) in [6.45, 7) is 2.11. The fraction of sp³-hybridized carbons (Fsp3) is 0.188. The van der Waals surface area contributed by atoms with E-state index in [1.165, 1.54) is 16.7 Å². The highest BCUT2D eigenvalue weighted by atomic mass is 19.4. The SMILES string of the molecule is Cc1cccc2[nH]c(=O)n(Cc3ccc(C(F)(F)F)cc3)c12. The van der Waals surface area contributed by atoms with Crippen molar-refractivity contribution in [3.8, 4) is 0 Å². The Morgan fingerprint density at radius 3 is 2.41 bits per heavy atom. The van der Waals surface area contributed by atoms with Crippen LogP contribution < -0.4 is 5.69 Å². The van der Waals surface area contributed by atoms with Crippen LogP contribution in [0.25, 0.3) is 11.0 Å². The molecule has 2 aromatic carbocycles. The van der Waals surface area contributed by atoms with Gasteiger partial charge in [-0.2, -0.15) is 13.2 Å². The monoisotopic (exact) mass is 306 g/mol. The summed E-state index contributed by atoms with van der Waals surface area (Å²) in [4.78, 5) is 14.8. The van der Waals surface area contributed by atoms with E-state index >= 15 is 0 Å². The number of aryl methyl sites for hydroxylation is 1. The molecule has 0 fully saturated rings. The number of hydrogen-bond acceptors (Lipinski definition) is 1. The average Bonchev–Trinajstić information content (AvgIpc) is 2.76. The second-order valence-corrected chi connectivity index (χ2v) is 5.18. The molecule has 0 saturated carbocycles. The van der Waals surface area contributed by atoms with Crippen LogP contribution in [0.15, 0.2) is 47.3 Å². The summed E-state index contributed by atoms with van der Waals surface area (Å²) in [7, 11) is 0. The number of alkyl halides is 3. The Morgan fingerprint density at radius 1 is 1.09 bits per heavy atom. The van der Waals surface area contributed by atoms with Crippen molar-refractivity contribution in [1.29, 1.82) is 0 Å². The van der Waals surface area contributed by atoms with Gasteiger partial charge in [-0.1, -0.05) is 24.3 Å². The van der Waals surface area contributed by atoms with Gasteiger partial charge in [0.15, 0.2) is 0 Å². The molecule has 0 aliphatic heterocycles. The number of nitrogens with one attached hydrogen (secondary N) is 1. The highest BCUT2D eigenvalue weighted by Crippen LogP contribution is 2.29. The number of fused-ring (bicyclic) bond motifs is 1. The van der Waals surface area contributed by atoms with E-state index in [2.05, 4.69) is 4.98 Å². The van der Waals surface area contributed by atoms with Gasteiger partial charge in [0.1, 0.15) is 0 Å². The lowest BCUT2D eigenvalue weighted by atomic mass is 10.1. The smallest absolute Gasteiger partial charge is 0.306 e. The van der Waals surface area contributed by atoms with Gasteiger partial charge in [-0.25, -0.2) is 4.79 Å². The first kappa shape index (κ1) is 14.4. The van der Waals surface area contributed by atoms with Crippen LogP contribution in [0.2, 0.25) is 0 Å². The van der Waals surface area contributed by atoms with Gasteiger partial charge in [0.25, 0.3) is 0 Å². The van der Waals surface area contributed by atoms with Crippen LogP contribution >= 0.6 is 0 Å². The summed E-state index contributed by atoms with van der Waals surface area (Å²) in [5.74, 6) is 0. The molecule has 3 nitrogen and oxygen atoms in total. The van der Waals surface area contributed by atoms with E-state index < -0.39 is 11.7 Å². The van der Waals surface area contributed by atoms with Crippen LogP contribution in [0, 0.1) is 6.92 Å². The number of para-hydroxylation sites is 1. The van der Waals surface area contributed by atoms with Crippen molar-refractivity contribution in [1.82, 2.24) is 9.55 Å². The minimum Gasteiger partial charge on any atom is -0.306 e. The van der Waals surface area contributed by atoms with Crippen LogP contribution in [-0.4, -0.2) is 9.55 Å². The molecule has 1 aromatic heterocycles. The van der Waals surface area contributed by atoms with Crippen LogP contribution in [0.3, 0.4) is 0 Å². The van der Waals surface area contributed by atoms with Crippen LogP contribution in [0.1, 0.15) is 16.7 Å². The fourth-order valence-electron chi connectivity index (χ4n) is 2.53. The number of halogens is 3. The van der Waals surface area contributed by atoms with E-state index in [9.17, 15) is 18.0 Å². The summed E-state index contributed by atoms with van der Waals surface area (Å²) >= 11 is 0. The molecule has 3 aromatic rings. The molecular weight excluding hydrogens is 293 g/mol. The van der Waals surface area contributed by atoms with E-state index in [0.717, 1.165) is 28.7 Å². The lowest BCUT2D eigenvalue weighted by Crippen LogP contribution is -2.17. The highest BCUT2D eigenvalue weighted by Gasteiger charge is 2.29. The molecule has 22 heavy (non-hydrogen) atoms. The number of hydrogen-bond donors (Lipinski definition) is 1. The molecule has 0 aliphatic carbocycles. The highest BCUT2D eigenvalue weighted by molar-refractivity contribution is 5.78. The molecule has 0 amide bonds. The topological polar surface area (TPSA) is 37.8 Å². The molecule has 0 radical (unpaired) electrons. The van der Waals surface area contributed by atoms with Crippen molar-refractivity contribution >= 4 is 11.0 Å². The third-order valence-corrected chi connectivity index (χ3v) is 3.62. The maximum Gasteiger partial charge on any atom is 0.416 e. The number of benzene rings is 2. The molecule has 0 bridgehead atoms. The predicted molar refractivity (Wildman–Crippen MR) is 77.8 cm³/mol. The molecular formula is C16H13F3N2O. The minimum absolute atomic E-state index is 0.224. The molecule has 1 heterocycles. The van der Waals surface area contributed by atoms with E-state index in [1.54, 1.807) is 6.07 Å². The molecule has 1 N–H and O–H groups in total. The number of imidazole rings is 1. The standard InChI is InChI=1S/C16H13F3N2O/c1-10-3-2-4-13-14(10)21(15(22)20-13)9-11-5-7-12(8-6-11)16(17,18)19/h2-8H,9H2,1H3,(H,20,22). The molecule has 114 valence electrons. The van der Waals surface area contributed by atoms with Crippen molar-refractivity contribution in [3.63, 3.8) is 0 Å². The first-order chi connectivity index (χ1) is 10.4. The summed E-state index contributed by atoms with van der Waals surface area (Å²) < 4.78 is 39.2. The van der Waals surface area contributed by atoms with Crippen LogP contribution in [-0.2, 0) is 12.7 Å². The van der Waals surface area contributed by atoms with E-state index in [4.69, 9.17) is 0 Å². The van der Waals surface area contributed by atoms with Gasteiger partial charge in [-0.05, 0) is 36.2 Å². The Hall–Kier alpha value is -2.50. The second kappa shape index (κ2) is 5.05. The third-order valence-electron chi connectivity index (χ3n) is 3.62. The number of aromatic nitrogens is 2. The maximum absolute atomic E-state index is 12.6. The van der Waals surface area contributed by atoms with Gasteiger partial charge in [-0.15, -0.1) is 0 Å². The lowest BCUT2D eigenvalue weighted by molar-refractivity contribution is -0.137. The van der Waals surface area contributed by atoms with Gasteiger partial charge < -0.3 is 4.98 Å². The normalized spacial score (nSPS) is 12.0. The summed E-state index contributed by atoms with van der Waals surface area (Å²) in [5, 5.41) is 0. The number of aromatic amines is 1. The first-order valence-electron chi connectivity index (χ1n) is 6.70. The molecule has 0 unspecified atom stereocenters. The largest absolute Gasteiger partial charge is 0.416 e. The van der Waals surface area contributed by atoms with E-state index in [1.807, 2.05) is 19.1 Å². The van der Waals surface area contributed by atoms with Crippen molar-refractivity contribution in [3.05, 3.63) is 69.6 Å². The molecule has 0 aliphatic rings. The summed E-state index contributed by atoms with van der Waals surface area (Å²) in [6.07, 6.45) is -4.35. The molecule has 0 spiro atoms. The summed E-state index contributed by atoms with van der Waals surface area (Å²) in [5.41, 5.74) is 2.09. The molecule has 6 heteroatoms. The number of rotatable bonds is 2. The van der Waals surface area contributed by atoms with E-state index in [-0.39, 0.29) is 12.2 Å². The Balaban J connectivity index is 2.00. The van der Waals surface area contributed by atoms with Gasteiger partial charge >= 0.3 is 11.9 Å². The number of H-pyrrole nitrogens is 1. The van der Waals surface area contributed by atoms with Crippen LogP contribution in [0.5, 0.6) is 0 Å². The first-order valence-corrected chi connectivity index (χ1v) is 6.70. The maximum atomic E-state index is 12.6. The summed E-state index contributed by atoms with van der Waals surface area (Å²) in [6, 6.07) is 10.4. The van der Waals surface area contributed by atoms with E-state index in [0.29, 0.717) is 5.56 Å². The lowest BCUT2D eigenvalue weighted by Gasteiger charge is -2.09. The van der Waals surface area contributed by atoms with Crippen LogP contribution in [0.4, 0.5) is 13.2 Å². The zero-order valence-corrected chi connectivity index (χ0v) is 11.7. The van der Waals surface area contributed by atoms with Gasteiger partial charge in [-0.3, -0.25) is 4.57 Å². The fourth-order valence-corrected chi connectivity index (χ4v) is 2.53. The van der Waals surface area contributed by atoms with Crippen molar-refractivity contribution in [2.75, 3.05) is 0 Å². The second-order valence-electron chi connectivity index (χ2n) is 5.18. The average molecular weight is 306 g/mol. The molecule has 0 saturated heterocycles. The van der Waals surface area contributed by atoms with Gasteiger partial charge in [0.2, 0.25) is 0 Å². The predicted octanol–water partition coefficient (Wildman–Crippen LogP) is 3.71. The minimum atomic E-state index is -4.35. The third kappa shape index (κ3) is 2.52. The van der Waals surface area contributed by atoms with Crippen molar-refractivity contribution < 1.29 is 13.2 Å².